The first-order valence-electron chi connectivity index (χ1n) is 5.19. The molecule has 0 aromatic rings. The van der Waals surface area contributed by atoms with Gasteiger partial charge in [-0.3, -0.25) is 4.79 Å². The number of hydrogen-bond acceptors (Lipinski definition) is 2. The standard InChI is InChI=1S/C10H19NO2/c1-2-3-6-11-7-4-5-9(8-11)10(12)13/h9H,2-8H2,1H3,(H,12,13). The highest BCUT2D eigenvalue weighted by molar-refractivity contribution is 5.70. The molecular formula is C10H19NO2. The maximum Gasteiger partial charge on any atom is 0.307 e. The highest BCUT2D eigenvalue weighted by atomic mass is 16.4. The van der Waals surface area contributed by atoms with Gasteiger partial charge in [0.1, 0.15) is 0 Å². The molecule has 1 rings (SSSR count). The Morgan fingerprint density at radius 2 is 2.38 bits per heavy atom. The number of piperidine rings is 1. The van der Waals surface area contributed by atoms with E-state index in [9.17, 15) is 4.79 Å². The Balaban J connectivity index is 2.29. The number of carboxylic acid groups (broad SMARTS) is 1. The van der Waals surface area contributed by atoms with Crippen LogP contribution >= 0.6 is 0 Å². The smallest absolute Gasteiger partial charge is 0.307 e. The fraction of sp³-hybridized carbons (Fsp3) is 0.900. The van der Waals surface area contributed by atoms with Crippen molar-refractivity contribution in [3.05, 3.63) is 0 Å². The van der Waals surface area contributed by atoms with E-state index < -0.39 is 5.97 Å². The molecule has 1 saturated heterocycles. The van der Waals surface area contributed by atoms with Gasteiger partial charge < -0.3 is 10.0 Å². The van der Waals surface area contributed by atoms with E-state index in [1.54, 1.807) is 0 Å². The topological polar surface area (TPSA) is 40.5 Å². The van der Waals surface area contributed by atoms with Gasteiger partial charge in [-0.1, -0.05) is 13.3 Å². The monoisotopic (exact) mass is 185 g/mol. The van der Waals surface area contributed by atoms with Gasteiger partial charge >= 0.3 is 5.97 Å². The van der Waals surface area contributed by atoms with Crippen LogP contribution in [0.15, 0.2) is 0 Å². The highest BCUT2D eigenvalue weighted by Crippen LogP contribution is 2.16. The number of hydrogen-bond donors (Lipinski definition) is 1. The Bertz CT molecular complexity index is 170. The Hall–Kier alpha value is -0.570. The molecule has 1 aliphatic heterocycles. The Labute approximate surface area is 79.7 Å². The molecule has 13 heavy (non-hydrogen) atoms. The van der Waals surface area contributed by atoms with Gasteiger partial charge in [0.2, 0.25) is 0 Å². The first-order valence-corrected chi connectivity index (χ1v) is 5.19. The van der Waals surface area contributed by atoms with E-state index >= 15 is 0 Å². The third-order valence-corrected chi connectivity index (χ3v) is 2.68. The molecule has 0 bridgehead atoms. The summed E-state index contributed by atoms with van der Waals surface area (Å²) in [6, 6.07) is 0. The zero-order chi connectivity index (χ0) is 9.68. The summed E-state index contributed by atoms with van der Waals surface area (Å²) in [4.78, 5) is 13.0. The molecule has 1 atom stereocenters. The number of rotatable bonds is 4. The lowest BCUT2D eigenvalue weighted by Gasteiger charge is -2.30. The maximum atomic E-state index is 10.7. The minimum Gasteiger partial charge on any atom is -0.481 e. The minimum absolute atomic E-state index is 0.120. The molecule has 0 radical (unpaired) electrons. The summed E-state index contributed by atoms with van der Waals surface area (Å²) in [7, 11) is 0. The van der Waals surface area contributed by atoms with Crippen LogP contribution in [0, 0.1) is 5.92 Å². The Morgan fingerprint density at radius 1 is 1.62 bits per heavy atom. The second kappa shape index (κ2) is 5.22. The van der Waals surface area contributed by atoms with Crippen LogP contribution in [0.1, 0.15) is 32.6 Å². The molecule has 0 amide bonds. The molecule has 1 aliphatic rings. The van der Waals surface area contributed by atoms with E-state index in [-0.39, 0.29) is 5.92 Å². The molecule has 76 valence electrons. The van der Waals surface area contributed by atoms with E-state index in [0.29, 0.717) is 0 Å². The summed E-state index contributed by atoms with van der Waals surface area (Å²) in [6.07, 6.45) is 4.28. The number of aliphatic carboxylic acids is 1. The quantitative estimate of drug-likeness (QED) is 0.723. The van der Waals surface area contributed by atoms with E-state index in [1.165, 1.54) is 12.8 Å². The van der Waals surface area contributed by atoms with Crippen LogP contribution in [0.4, 0.5) is 0 Å². The lowest BCUT2D eigenvalue weighted by molar-refractivity contribution is -0.143. The van der Waals surface area contributed by atoms with Crippen molar-refractivity contribution in [3.63, 3.8) is 0 Å². The van der Waals surface area contributed by atoms with Gasteiger partial charge in [-0.05, 0) is 32.4 Å². The molecule has 1 fully saturated rings. The SMILES string of the molecule is CCCCN1CCCC(C(=O)O)C1. The highest BCUT2D eigenvalue weighted by Gasteiger charge is 2.24. The average molecular weight is 185 g/mol. The molecule has 0 aromatic heterocycles. The van der Waals surface area contributed by atoms with Crippen molar-refractivity contribution >= 4 is 5.97 Å². The van der Waals surface area contributed by atoms with Crippen molar-refractivity contribution in [2.45, 2.75) is 32.6 Å². The molecule has 1 unspecified atom stereocenters. The van der Waals surface area contributed by atoms with Gasteiger partial charge in [0.25, 0.3) is 0 Å². The number of nitrogens with zero attached hydrogens (tertiary/aromatic N) is 1. The number of carboxylic acids is 1. The predicted molar refractivity (Wildman–Crippen MR) is 51.7 cm³/mol. The van der Waals surface area contributed by atoms with Gasteiger partial charge in [0, 0.05) is 6.54 Å². The molecule has 0 aliphatic carbocycles. The summed E-state index contributed by atoms with van der Waals surface area (Å²) in [5.41, 5.74) is 0. The van der Waals surface area contributed by atoms with E-state index in [1.807, 2.05) is 0 Å². The van der Waals surface area contributed by atoms with Gasteiger partial charge in [-0.15, -0.1) is 0 Å². The zero-order valence-corrected chi connectivity index (χ0v) is 8.33. The van der Waals surface area contributed by atoms with E-state index in [2.05, 4.69) is 11.8 Å². The van der Waals surface area contributed by atoms with Crippen LogP contribution in [-0.4, -0.2) is 35.6 Å². The van der Waals surface area contributed by atoms with Crippen molar-refractivity contribution in [2.24, 2.45) is 5.92 Å². The van der Waals surface area contributed by atoms with E-state index in [4.69, 9.17) is 5.11 Å². The van der Waals surface area contributed by atoms with Crippen molar-refractivity contribution in [3.8, 4) is 0 Å². The first-order chi connectivity index (χ1) is 6.24. The largest absolute Gasteiger partial charge is 0.481 e. The second-order valence-corrected chi connectivity index (χ2v) is 3.83. The van der Waals surface area contributed by atoms with Gasteiger partial charge in [-0.2, -0.15) is 0 Å². The average Bonchev–Trinajstić information content (AvgIpc) is 2.15. The van der Waals surface area contributed by atoms with Crippen LogP contribution in [0.25, 0.3) is 0 Å². The lowest BCUT2D eigenvalue weighted by Crippen LogP contribution is -2.39. The normalized spacial score (nSPS) is 24.5. The van der Waals surface area contributed by atoms with Crippen LogP contribution in [-0.2, 0) is 4.79 Å². The summed E-state index contributed by atoms with van der Waals surface area (Å²) < 4.78 is 0. The van der Waals surface area contributed by atoms with Gasteiger partial charge in [0.05, 0.1) is 5.92 Å². The number of unbranched alkanes of at least 4 members (excludes halogenated alkanes) is 1. The fourth-order valence-electron chi connectivity index (χ4n) is 1.84. The summed E-state index contributed by atoms with van der Waals surface area (Å²) >= 11 is 0. The second-order valence-electron chi connectivity index (χ2n) is 3.83. The minimum atomic E-state index is -0.624. The van der Waals surface area contributed by atoms with Gasteiger partial charge in [0.15, 0.2) is 0 Å². The summed E-state index contributed by atoms with van der Waals surface area (Å²) in [5, 5.41) is 8.85. The van der Waals surface area contributed by atoms with E-state index in [0.717, 1.165) is 32.5 Å². The molecule has 1 N–H and O–H groups in total. The van der Waals surface area contributed by atoms with Crippen molar-refractivity contribution < 1.29 is 9.90 Å². The van der Waals surface area contributed by atoms with Crippen molar-refractivity contribution in [1.29, 1.82) is 0 Å². The molecule has 0 spiro atoms. The molecule has 3 heteroatoms. The number of likely N-dealkylation sites (tertiary alicyclic amines) is 1. The lowest BCUT2D eigenvalue weighted by atomic mass is 9.98. The zero-order valence-electron chi connectivity index (χ0n) is 8.33. The Kier molecular flexibility index (Phi) is 4.22. The fourth-order valence-corrected chi connectivity index (χ4v) is 1.84. The third-order valence-electron chi connectivity index (χ3n) is 2.68. The van der Waals surface area contributed by atoms with Crippen molar-refractivity contribution in [1.82, 2.24) is 4.90 Å². The third kappa shape index (κ3) is 3.35. The predicted octanol–water partition coefficient (Wildman–Crippen LogP) is 1.58. The molecular weight excluding hydrogens is 166 g/mol. The summed E-state index contributed by atoms with van der Waals surface area (Å²) in [5.74, 6) is -0.744. The van der Waals surface area contributed by atoms with Gasteiger partial charge in [-0.25, -0.2) is 0 Å². The summed E-state index contributed by atoms with van der Waals surface area (Å²) in [6.45, 7) is 5.08. The van der Waals surface area contributed by atoms with Crippen LogP contribution in [0.3, 0.4) is 0 Å². The Morgan fingerprint density at radius 3 is 3.00 bits per heavy atom. The first kappa shape index (κ1) is 10.5. The molecule has 0 saturated carbocycles. The maximum absolute atomic E-state index is 10.7. The molecule has 0 aromatic carbocycles. The molecule has 1 heterocycles. The number of carbonyl (C=O) groups is 1. The van der Waals surface area contributed by atoms with Crippen LogP contribution < -0.4 is 0 Å². The molecule has 3 nitrogen and oxygen atoms in total. The van der Waals surface area contributed by atoms with Crippen molar-refractivity contribution in [2.75, 3.05) is 19.6 Å². The van der Waals surface area contributed by atoms with Crippen LogP contribution in [0.2, 0.25) is 0 Å². The van der Waals surface area contributed by atoms with Crippen LogP contribution in [0.5, 0.6) is 0 Å².